The number of hydrogen-bond donors (Lipinski definition) is 1. The minimum absolute atomic E-state index is 0.231. The minimum Gasteiger partial charge on any atom is -0.372 e. The Balaban J connectivity index is 1.66. The average molecular weight is 382 g/mol. The van der Waals surface area contributed by atoms with Crippen LogP contribution < -0.4 is 15.1 Å². The molecule has 150 valence electrons. The standard InChI is InChI=1S/C22H31N5O/c1-5-26(6-2)18-7-8-19(17(4)13-18)25-22(28)20-14-24-21(15-23-20)27-11-9-16(3)10-12-27/h7-8,13-16H,5-6,9-12H2,1-4H3,(H,25,28). The molecule has 1 aliphatic heterocycles. The van der Waals surface area contributed by atoms with Gasteiger partial charge < -0.3 is 15.1 Å². The summed E-state index contributed by atoms with van der Waals surface area (Å²) in [5.74, 6) is 1.39. The van der Waals surface area contributed by atoms with Gasteiger partial charge in [0.2, 0.25) is 0 Å². The van der Waals surface area contributed by atoms with Gasteiger partial charge in [0.25, 0.3) is 5.91 Å². The van der Waals surface area contributed by atoms with Crippen LogP contribution in [0.3, 0.4) is 0 Å². The molecule has 0 spiro atoms. The number of anilines is 3. The third-order valence-electron chi connectivity index (χ3n) is 5.57. The van der Waals surface area contributed by atoms with Crippen LogP contribution in [0.1, 0.15) is 49.7 Å². The van der Waals surface area contributed by atoms with Gasteiger partial charge in [-0.1, -0.05) is 6.92 Å². The van der Waals surface area contributed by atoms with E-state index in [9.17, 15) is 4.79 Å². The topological polar surface area (TPSA) is 61.4 Å². The second-order valence-electron chi connectivity index (χ2n) is 7.56. The van der Waals surface area contributed by atoms with E-state index in [2.05, 4.69) is 51.9 Å². The predicted molar refractivity (Wildman–Crippen MR) is 115 cm³/mol. The van der Waals surface area contributed by atoms with Gasteiger partial charge in [-0.25, -0.2) is 9.97 Å². The van der Waals surface area contributed by atoms with Crippen molar-refractivity contribution in [1.29, 1.82) is 0 Å². The number of nitrogens with zero attached hydrogens (tertiary/aromatic N) is 4. The lowest BCUT2D eigenvalue weighted by Crippen LogP contribution is -2.33. The molecule has 0 bridgehead atoms. The van der Waals surface area contributed by atoms with E-state index in [-0.39, 0.29) is 5.91 Å². The Morgan fingerprint density at radius 2 is 1.89 bits per heavy atom. The van der Waals surface area contributed by atoms with Crippen LogP contribution in [0.4, 0.5) is 17.2 Å². The number of hydrogen-bond acceptors (Lipinski definition) is 5. The quantitative estimate of drug-likeness (QED) is 0.815. The number of nitrogens with one attached hydrogen (secondary N) is 1. The van der Waals surface area contributed by atoms with Crippen molar-refractivity contribution in [3.8, 4) is 0 Å². The van der Waals surface area contributed by atoms with Crippen LogP contribution in [0.2, 0.25) is 0 Å². The maximum absolute atomic E-state index is 12.6. The fraction of sp³-hybridized carbons (Fsp3) is 0.500. The maximum atomic E-state index is 12.6. The number of benzene rings is 1. The summed E-state index contributed by atoms with van der Waals surface area (Å²) >= 11 is 0. The molecule has 0 saturated carbocycles. The Morgan fingerprint density at radius 3 is 2.46 bits per heavy atom. The predicted octanol–water partition coefficient (Wildman–Crippen LogP) is 4.12. The van der Waals surface area contributed by atoms with Crippen molar-refractivity contribution in [2.24, 2.45) is 5.92 Å². The largest absolute Gasteiger partial charge is 0.372 e. The van der Waals surface area contributed by atoms with E-state index in [1.165, 1.54) is 18.5 Å². The summed E-state index contributed by atoms with van der Waals surface area (Å²) in [5.41, 5.74) is 3.34. The first-order chi connectivity index (χ1) is 13.5. The zero-order valence-corrected chi connectivity index (χ0v) is 17.4. The van der Waals surface area contributed by atoms with E-state index in [1.807, 2.05) is 19.1 Å². The molecule has 1 aromatic carbocycles. The molecule has 1 amide bonds. The first kappa shape index (κ1) is 20.1. The lowest BCUT2D eigenvalue weighted by molar-refractivity contribution is 0.102. The molecule has 2 heterocycles. The first-order valence-corrected chi connectivity index (χ1v) is 10.3. The molecule has 1 aromatic heterocycles. The fourth-order valence-corrected chi connectivity index (χ4v) is 3.60. The van der Waals surface area contributed by atoms with Gasteiger partial charge in [-0.2, -0.15) is 0 Å². The number of amides is 1. The van der Waals surface area contributed by atoms with E-state index in [0.29, 0.717) is 5.69 Å². The van der Waals surface area contributed by atoms with E-state index >= 15 is 0 Å². The summed E-state index contributed by atoms with van der Waals surface area (Å²) in [6.07, 6.45) is 5.63. The Morgan fingerprint density at radius 1 is 1.18 bits per heavy atom. The molecule has 1 N–H and O–H groups in total. The number of rotatable bonds is 6. The van der Waals surface area contributed by atoms with Crippen molar-refractivity contribution in [1.82, 2.24) is 9.97 Å². The Bertz CT molecular complexity index is 793. The molecule has 2 aromatic rings. The van der Waals surface area contributed by atoms with E-state index in [0.717, 1.165) is 49.2 Å². The third-order valence-corrected chi connectivity index (χ3v) is 5.57. The maximum Gasteiger partial charge on any atom is 0.275 e. The molecule has 1 fully saturated rings. The van der Waals surface area contributed by atoms with Gasteiger partial charge in [-0.05, 0) is 63.3 Å². The van der Waals surface area contributed by atoms with Crippen molar-refractivity contribution >= 4 is 23.1 Å². The van der Waals surface area contributed by atoms with Crippen LogP contribution >= 0.6 is 0 Å². The van der Waals surface area contributed by atoms with Crippen LogP contribution in [0.25, 0.3) is 0 Å². The molecular formula is C22H31N5O. The Hall–Kier alpha value is -2.63. The molecule has 0 radical (unpaired) electrons. The lowest BCUT2D eigenvalue weighted by atomic mass is 9.99. The average Bonchev–Trinajstić information content (AvgIpc) is 2.71. The molecule has 1 saturated heterocycles. The van der Waals surface area contributed by atoms with Crippen molar-refractivity contribution in [2.75, 3.05) is 41.3 Å². The number of carbonyl (C=O) groups is 1. The summed E-state index contributed by atoms with van der Waals surface area (Å²) in [6.45, 7) is 12.5. The summed E-state index contributed by atoms with van der Waals surface area (Å²) in [6, 6.07) is 6.11. The highest BCUT2D eigenvalue weighted by molar-refractivity contribution is 6.03. The highest BCUT2D eigenvalue weighted by Gasteiger charge is 2.18. The Labute approximate surface area is 168 Å². The van der Waals surface area contributed by atoms with Crippen LogP contribution in [0.5, 0.6) is 0 Å². The van der Waals surface area contributed by atoms with Gasteiger partial charge in [-0.15, -0.1) is 0 Å². The minimum atomic E-state index is -0.231. The molecule has 3 rings (SSSR count). The van der Waals surface area contributed by atoms with Crippen molar-refractivity contribution < 1.29 is 4.79 Å². The smallest absolute Gasteiger partial charge is 0.275 e. The number of aryl methyl sites for hydroxylation is 1. The van der Waals surface area contributed by atoms with Crippen LogP contribution in [0, 0.1) is 12.8 Å². The van der Waals surface area contributed by atoms with Gasteiger partial charge in [0.05, 0.1) is 12.4 Å². The lowest BCUT2D eigenvalue weighted by Gasteiger charge is -2.30. The van der Waals surface area contributed by atoms with Gasteiger partial charge >= 0.3 is 0 Å². The summed E-state index contributed by atoms with van der Waals surface area (Å²) < 4.78 is 0. The van der Waals surface area contributed by atoms with Crippen LogP contribution in [0.15, 0.2) is 30.6 Å². The highest BCUT2D eigenvalue weighted by Crippen LogP contribution is 2.24. The second kappa shape index (κ2) is 9.04. The first-order valence-electron chi connectivity index (χ1n) is 10.3. The summed E-state index contributed by atoms with van der Waals surface area (Å²) in [7, 11) is 0. The van der Waals surface area contributed by atoms with E-state index in [1.54, 1.807) is 12.4 Å². The molecular weight excluding hydrogens is 350 g/mol. The molecule has 28 heavy (non-hydrogen) atoms. The van der Waals surface area contributed by atoms with Crippen molar-refractivity contribution in [3.63, 3.8) is 0 Å². The highest BCUT2D eigenvalue weighted by atomic mass is 16.1. The zero-order valence-electron chi connectivity index (χ0n) is 17.4. The molecule has 1 aliphatic rings. The SMILES string of the molecule is CCN(CC)c1ccc(NC(=O)c2cnc(N3CCC(C)CC3)cn2)c(C)c1. The number of aromatic nitrogens is 2. The number of carbonyl (C=O) groups excluding carboxylic acids is 1. The monoisotopic (exact) mass is 381 g/mol. The molecule has 0 atom stereocenters. The normalized spacial score (nSPS) is 14.8. The summed E-state index contributed by atoms with van der Waals surface area (Å²) in [5, 5.41) is 2.96. The molecule has 0 unspecified atom stereocenters. The van der Waals surface area contributed by atoms with Crippen molar-refractivity contribution in [2.45, 2.75) is 40.5 Å². The second-order valence-corrected chi connectivity index (χ2v) is 7.56. The van der Waals surface area contributed by atoms with Gasteiger partial charge in [-0.3, -0.25) is 4.79 Å². The zero-order chi connectivity index (χ0) is 20.1. The molecule has 6 heteroatoms. The van der Waals surface area contributed by atoms with Crippen LogP contribution in [-0.4, -0.2) is 42.1 Å². The fourth-order valence-electron chi connectivity index (χ4n) is 3.60. The third kappa shape index (κ3) is 4.61. The van der Waals surface area contributed by atoms with Gasteiger partial charge in [0, 0.05) is 37.6 Å². The number of piperidine rings is 1. The van der Waals surface area contributed by atoms with Crippen LogP contribution in [-0.2, 0) is 0 Å². The summed E-state index contributed by atoms with van der Waals surface area (Å²) in [4.78, 5) is 25.9. The van der Waals surface area contributed by atoms with Crippen molar-refractivity contribution in [3.05, 3.63) is 41.9 Å². The molecule has 0 aliphatic carbocycles. The van der Waals surface area contributed by atoms with Gasteiger partial charge in [0.15, 0.2) is 0 Å². The van der Waals surface area contributed by atoms with E-state index in [4.69, 9.17) is 0 Å². The van der Waals surface area contributed by atoms with Gasteiger partial charge in [0.1, 0.15) is 11.5 Å². The Kier molecular flexibility index (Phi) is 6.49. The molecule has 6 nitrogen and oxygen atoms in total. The van der Waals surface area contributed by atoms with E-state index < -0.39 is 0 Å².